The molecule has 1 heterocycles. The fraction of sp³-hybridized carbons (Fsp3) is 0.375. The zero-order valence-electron chi connectivity index (χ0n) is 12.3. The van der Waals surface area contributed by atoms with E-state index in [4.69, 9.17) is 9.47 Å². The molecule has 0 N–H and O–H groups in total. The Balaban J connectivity index is 2.19. The fourth-order valence-corrected chi connectivity index (χ4v) is 2.64. The van der Waals surface area contributed by atoms with E-state index in [9.17, 15) is 10.1 Å². The molecule has 1 fully saturated rings. The lowest BCUT2D eigenvalue weighted by Crippen LogP contribution is -2.41. The third-order valence-electron chi connectivity index (χ3n) is 3.22. The van der Waals surface area contributed by atoms with Gasteiger partial charge in [0.05, 0.1) is 24.3 Å². The molecule has 1 amide bonds. The number of halogens is 1. The maximum absolute atomic E-state index is 12.3. The molecule has 1 aliphatic rings. The topological polar surface area (TPSA) is 62.6 Å². The van der Waals surface area contributed by atoms with E-state index in [-0.39, 0.29) is 11.5 Å². The summed E-state index contributed by atoms with van der Waals surface area (Å²) in [6.07, 6.45) is 1.60. The molecule has 5 nitrogen and oxygen atoms in total. The highest BCUT2D eigenvalue weighted by Gasteiger charge is 2.20. The molecule has 2 rings (SSSR count). The molecule has 116 valence electrons. The summed E-state index contributed by atoms with van der Waals surface area (Å²) in [6, 6.07) is 7.45. The van der Waals surface area contributed by atoms with Gasteiger partial charge in [0, 0.05) is 13.1 Å². The van der Waals surface area contributed by atoms with Crippen molar-refractivity contribution in [3.63, 3.8) is 0 Å². The van der Waals surface area contributed by atoms with Crippen molar-refractivity contribution in [3.8, 4) is 11.8 Å². The maximum Gasteiger partial charge on any atom is 0.264 e. The third-order valence-corrected chi connectivity index (χ3v) is 3.84. The van der Waals surface area contributed by atoms with Crippen molar-refractivity contribution >= 4 is 27.9 Å². The first-order valence-electron chi connectivity index (χ1n) is 7.07. The van der Waals surface area contributed by atoms with E-state index in [2.05, 4.69) is 15.9 Å². The quantitative estimate of drug-likeness (QED) is 0.608. The minimum absolute atomic E-state index is 0.123. The summed E-state index contributed by atoms with van der Waals surface area (Å²) < 4.78 is 11.5. The van der Waals surface area contributed by atoms with E-state index in [0.29, 0.717) is 32.9 Å². The number of carbonyl (C=O) groups is 1. The molecule has 6 heteroatoms. The Morgan fingerprint density at radius 2 is 2.23 bits per heavy atom. The molecule has 1 aliphatic heterocycles. The van der Waals surface area contributed by atoms with E-state index in [1.54, 1.807) is 11.0 Å². The first-order valence-corrected chi connectivity index (χ1v) is 7.86. The Hall–Kier alpha value is -1.84. The zero-order chi connectivity index (χ0) is 15.9. The van der Waals surface area contributed by atoms with E-state index < -0.39 is 0 Å². The van der Waals surface area contributed by atoms with Crippen molar-refractivity contribution < 1.29 is 14.3 Å². The van der Waals surface area contributed by atoms with Crippen LogP contribution in [0, 0.1) is 11.3 Å². The standard InChI is InChI=1S/C16H17BrN2O3/c1-2-22-15-4-3-12(10-14(15)17)9-13(11-18)16(20)19-5-7-21-8-6-19/h3-4,9-10H,2,5-8H2,1H3/b13-9+. The molecule has 0 saturated carbocycles. The van der Waals surface area contributed by atoms with E-state index >= 15 is 0 Å². The summed E-state index contributed by atoms with van der Waals surface area (Å²) in [7, 11) is 0. The lowest BCUT2D eigenvalue weighted by Gasteiger charge is -2.26. The van der Waals surface area contributed by atoms with Gasteiger partial charge >= 0.3 is 0 Å². The molecule has 0 aromatic heterocycles. The number of ether oxygens (including phenoxy) is 2. The molecule has 0 radical (unpaired) electrons. The van der Waals surface area contributed by atoms with Crippen LogP contribution in [0.1, 0.15) is 12.5 Å². The maximum atomic E-state index is 12.3. The van der Waals surface area contributed by atoms with E-state index in [1.807, 2.05) is 31.2 Å². The molecule has 1 aromatic carbocycles. The number of amides is 1. The predicted molar refractivity (Wildman–Crippen MR) is 86.3 cm³/mol. The molecule has 0 unspecified atom stereocenters. The highest BCUT2D eigenvalue weighted by Crippen LogP contribution is 2.27. The van der Waals surface area contributed by atoms with Gasteiger partial charge < -0.3 is 14.4 Å². The summed E-state index contributed by atoms with van der Waals surface area (Å²) in [5, 5.41) is 9.26. The second kappa shape index (κ2) is 7.97. The van der Waals surface area contributed by atoms with Gasteiger partial charge in [-0.05, 0) is 46.6 Å². The number of nitriles is 1. The number of benzene rings is 1. The third kappa shape index (κ3) is 4.09. The largest absolute Gasteiger partial charge is 0.493 e. The number of hydrogen-bond donors (Lipinski definition) is 0. The highest BCUT2D eigenvalue weighted by atomic mass is 79.9. The molecular weight excluding hydrogens is 348 g/mol. The van der Waals surface area contributed by atoms with Crippen molar-refractivity contribution in [2.45, 2.75) is 6.92 Å². The van der Waals surface area contributed by atoms with Gasteiger partial charge in [-0.2, -0.15) is 5.26 Å². The van der Waals surface area contributed by atoms with Gasteiger partial charge in [-0.1, -0.05) is 6.07 Å². The molecule has 0 bridgehead atoms. The summed E-state index contributed by atoms with van der Waals surface area (Å²) in [5.74, 6) is 0.480. The van der Waals surface area contributed by atoms with Crippen LogP contribution in [0.25, 0.3) is 6.08 Å². The lowest BCUT2D eigenvalue weighted by atomic mass is 10.1. The Morgan fingerprint density at radius 3 is 2.82 bits per heavy atom. The Bertz CT molecular complexity index is 616. The molecule has 1 aromatic rings. The summed E-state index contributed by atoms with van der Waals surface area (Å²) in [5.41, 5.74) is 0.895. The summed E-state index contributed by atoms with van der Waals surface area (Å²) >= 11 is 3.42. The van der Waals surface area contributed by atoms with Gasteiger partial charge in [-0.3, -0.25) is 4.79 Å². The van der Waals surface area contributed by atoms with Gasteiger partial charge in [0.25, 0.3) is 5.91 Å². The van der Waals surface area contributed by atoms with Crippen LogP contribution in [0.2, 0.25) is 0 Å². The van der Waals surface area contributed by atoms with E-state index in [0.717, 1.165) is 15.8 Å². The minimum atomic E-state index is -0.254. The van der Waals surface area contributed by atoms with Crippen LogP contribution >= 0.6 is 15.9 Å². The second-order valence-electron chi connectivity index (χ2n) is 4.70. The SMILES string of the molecule is CCOc1ccc(/C=C(\C#N)C(=O)N2CCOCC2)cc1Br. The minimum Gasteiger partial charge on any atom is -0.493 e. The van der Waals surface area contributed by atoms with Crippen molar-refractivity contribution in [3.05, 3.63) is 33.8 Å². The number of hydrogen-bond acceptors (Lipinski definition) is 4. The number of rotatable bonds is 4. The Labute approximate surface area is 138 Å². The summed E-state index contributed by atoms with van der Waals surface area (Å²) in [4.78, 5) is 14.0. The van der Waals surface area contributed by atoms with Crippen LogP contribution in [0.3, 0.4) is 0 Å². The van der Waals surface area contributed by atoms with Gasteiger partial charge in [0.15, 0.2) is 0 Å². The number of morpholine rings is 1. The van der Waals surface area contributed by atoms with Crippen molar-refractivity contribution in [2.75, 3.05) is 32.9 Å². The predicted octanol–water partition coefficient (Wildman–Crippen LogP) is 2.61. The molecule has 0 aliphatic carbocycles. The van der Waals surface area contributed by atoms with Crippen molar-refractivity contribution in [1.82, 2.24) is 4.90 Å². The smallest absolute Gasteiger partial charge is 0.264 e. The number of nitrogens with zero attached hydrogens (tertiary/aromatic N) is 2. The fourth-order valence-electron chi connectivity index (χ4n) is 2.12. The molecule has 0 atom stereocenters. The molecular formula is C16H17BrN2O3. The molecule has 22 heavy (non-hydrogen) atoms. The van der Waals surface area contributed by atoms with Gasteiger partial charge in [0.2, 0.25) is 0 Å². The van der Waals surface area contributed by atoms with Crippen molar-refractivity contribution in [1.29, 1.82) is 5.26 Å². The normalized spacial score (nSPS) is 15.3. The Morgan fingerprint density at radius 1 is 1.50 bits per heavy atom. The average molecular weight is 365 g/mol. The van der Waals surface area contributed by atoms with E-state index in [1.165, 1.54) is 0 Å². The first-order chi connectivity index (χ1) is 10.7. The Kier molecular flexibility index (Phi) is 5.99. The van der Waals surface area contributed by atoms with Crippen LogP contribution in [0.5, 0.6) is 5.75 Å². The van der Waals surface area contributed by atoms with Crippen LogP contribution in [0.15, 0.2) is 28.2 Å². The summed E-state index contributed by atoms with van der Waals surface area (Å²) in [6.45, 7) is 4.55. The van der Waals surface area contributed by atoms with Crippen LogP contribution in [-0.4, -0.2) is 43.7 Å². The van der Waals surface area contributed by atoms with Crippen LogP contribution in [-0.2, 0) is 9.53 Å². The second-order valence-corrected chi connectivity index (χ2v) is 5.55. The number of carbonyl (C=O) groups excluding carboxylic acids is 1. The lowest BCUT2D eigenvalue weighted by molar-refractivity contribution is -0.130. The monoisotopic (exact) mass is 364 g/mol. The highest BCUT2D eigenvalue weighted by molar-refractivity contribution is 9.10. The molecule has 0 spiro atoms. The van der Waals surface area contributed by atoms with Crippen LogP contribution < -0.4 is 4.74 Å². The van der Waals surface area contributed by atoms with Gasteiger partial charge in [-0.25, -0.2) is 0 Å². The first kappa shape index (κ1) is 16.5. The van der Waals surface area contributed by atoms with Gasteiger partial charge in [0.1, 0.15) is 17.4 Å². The van der Waals surface area contributed by atoms with Crippen LogP contribution in [0.4, 0.5) is 0 Å². The van der Waals surface area contributed by atoms with Gasteiger partial charge in [-0.15, -0.1) is 0 Å². The zero-order valence-corrected chi connectivity index (χ0v) is 13.9. The molecule has 1 saturated heterocycles. The average Bonchev–Trinajstić information content (AvgIpc) is 2.55. The van der Waals surface area contributed by atoms with Crippen molar-refractivity contribution in [2.24, 2.45) is 0 Å².